The Morgan fingerprint density at radius 3 is 1.74 bits per heavy atom. The molecule has 1 aliphatic rings. The number of aryl methyl sites for hydroxylation is 1. The molecule has 68 heavy (non-hydrogen) atoms. The largest absolute Gasteiger partial charge is 0.310 e. The number of hydrogen-bond acceptors (Lipinski definition) is 1. The topological polar surface area (TPSA) is 8.17 Å². The van der Waals surface area contributed by atoms with Gasteiger partial charge in [-0.3, -0.25) is 0 Å². The Balaban J connectivity index is 0.947. The molecule has 0 fully saturated rings. The molecule has 12 aromatic rings. The van der Waals surface area contributed by atoms with E-state index in [0.29, 0.717) is 0 Å². The molecule has 2 nitrogen and oxygen atoms in total. The maximum absolute atomic E-state index is 2.43. The number of rotatable bonds is 8. The first kappa shape index (κ1) is 39.6. The highest BCUT2D eigenvalue weighted by molar-refractivity contribution is 6.18. The average Bonchev–Trinajstić information content (AvgIpc) is 3.74. The number of benzene rings is 11. The molecule has 0 saturated carbocycles. The molecule has 0 bridgehead atoms. The van der Waals surface area contributed by atoms with Crippen LogP contribution in [0.1, 0.15) is 17.5 Å². The van der Waals surface area contributed by atoms with E-state index in [1.54, 1.807) is 0 Å². The highest BCUT2D eigenvalue weighted by Crippen LogP contribution is 2.44. The van der Waals surface area contributed by atoms with Crippen molar-refractivity contribution < 1.29 is 0 Å². The van der Waals surface area contributed by atoms with Gasteiger partial charge in [-0.25, -0.2) is 0 Å². The van der Waals surface area contributed by atoms with Gasteiger partial charge in [0.05, 0.1) is 11.0 Å². The van der Waals surface area contributed by atoms with Crippen molar-refractivity contribution in [1.82, 2.24) is 4.57 Å². The molecule has 1 heterocycles. The fourth-order valence-electron chi connectivity index (χ4n) is 10.8. The summed E-state index contributed by atoms with van der Waals surface area (Å²) in [5.74, 6) is 0. The van der Waals surface area contributed by atoms with Gasteiger partial charge in [0.1, 0.15) is 0 Å². The highest BCUT2D eigenvalue weighted by Gasteiger charge is 2.20. The Morgan fingerprint density at radius 2 is 0.971 bits per heavy atom. The molecular weight excluding hydrogens is 821 g/mol. The second kappa shape index (κ2) is 16.6. The summed E-state index contributed by atoms with van der Waals surface area (Å²) in [6.07, 6.45) is 6.76. The monoisotopic (exact) mass is 866 g/mol. The van der Waals surface area contributed by atoms with Gasteiger partial charge in [-0.1, -0.05) is 182 Å². The van der Waals surface area contributed by atoms with Crippen LogP contribution in [-0.2, 0) is 6.42 Å². The summed E-state index contributed by atoms with van der Waals surface area (Å²) in [6.45, 7) is 0. The molecule has 0 saturated heterocycles. The summed E-state index contributed by atoms with van der Waals surface area (Å²) < 4.78 is 2.43. The molecule has 0 unspecified atom stereocenters. The van der Waals surface area contributed by atoms with Crippen molar-refractivity contribution in [3.8, 4) is 50.2 Å². The van der Waals surface area contributed by atoms with Gasteiger partial charge in [0, 0.05) is 33.5 Å². The van der Waals surface area contributed by atoms with Crippen molar-refractivity contribution >= 4 is 66.5 Å². The molecule has 0 aliphatic heterocycles. The minimum atomic E-state index is 1.09. The Morgan fingerprint density at radius 1 is 0.353 bits per heavy atom. The molecule has 1 aliphatic carbocycles. The normalized spacial score (nSPS) is 12.2. The van der Waals surface area contributed by atoms with Crippen LogP contribution in [-0.4, -0.2) is 4.57 Å². The van der Waals surface area contributed by atoms with Crippen molar-refractivity contribution in [2.75, 3.05) is 4.90 Å². The van der Waals surface area contributed by atoms with Crippen LogP contribution in [0.3, 0.4) is 0 Å². The van der Waals surface area contributed by atoms with E-state index in [-0.39, 0.29) is 0 Å². The lowest BCUT2D eigenvalue weighted by Gasteiger charge is -2.26. The van der Waals surface area contributed by atoms with Crippen LogP contribution >= 0.6 is 0 Å². The molecule has 320 valence electrons. The number of allylic oxidation sites excluding steroid dienone is 1. The maximum Gasteiger partial charge on any atom is 0.0547 e. The van der Waals surface area contributed by atoms with Crippen LogP contribution in [0.2, 0.25) is 0 Å². The summed E-state index contributed by atoms with van der Waals surface area (Å²) in [5.41, 5.74) is 19.2. The lowest BCUT2D eigenvalue weighted by Crippen LogP contribution is -2.10. The molecule has 13 rings (SSSR count). The third kappa shape index (κ3) is 6.89. The molecular formula is C66H46N2. The van der Waals surface area contributed by atoms with E-state index < -0.39 is 0 Å². The molecule has 0 radical (unpaired) electrons. The molecule has 0 spiro atoms. The SMILES string of the molecule is C1=Cc2ccc3cc(-c4ccc(N(c5ccc(-c6ccccc6-c6ccccc6)cc5)c5cccc(-c6cccc7c6c6cc8ccccc8cc6n7-c6ccccc6)c5)cc4)ccc3c2CC1. The summed E-state index contributed by atoms with van der Waals surface area (Å²) in [5, 5.41) is 7.62. The Bertz CT molecular complexity index is 3880. The Kier molecular flexibility index (Phi) is 9.68. The Labute approximate surface area is 397 Å². The molecule has 1 aromatic heterocycles. The first-order valence-corrected chi connectivity index (χ1v) is 23.7. The van der Waals surface area contributed by atoms with E-state index in [1.165, 1.54) is 93.4 Å². The van der Waals surface area contributed by atoms with Gasteiger partial charge in [0.25, 0.3) is 0 Å². The summed E-state index contributed by atoms with van der Waals surface area (Å²) in [7, 11) is 0. The van der Waals surface area contributed by atoms with Crippen molar-refractivity contribution in [2.45, 2.75) is 12.8 Å². The zero-order valence-corrected chi connectivity index (χ0v) is 37.6. The van der Waals surface area contributed by atoms with Crippen molar-refractivity contribution in [1.29, 1.82) is 0 Å². The van der Waals surface area contributed by atoms with E-state index in [1.807, 2.05) is 0 Å². The summed E-state index contributed by atoms with van der Waals surface area (Å²) >= 11 is 0. The number of para-hydroxylation sites is 1. The quantitative estimate of drug-likeness (QED) is 0.148. The average molecular weight is 867 g/mol. The second-order valence-corrected chi connectivity index (χ2v) is 18.0. The van der Waals surface area contributed by atoms with Crippen molar-refractivity contribution in [3.05, 3.63) is 260 Å². The first-order valence-electron chi connectivity index (χ1n) is 23.7. The molecule has 2 heteroatoms. The van der Waals surface area contributed by atoms with Gasteiger partial charge in [0.15, 0.2) is 0 Å². The third-order valence-corrected chi connectivity index (χ3v) is 14.0. The fourth-order valence-corrected chi connectivity index (χ4v) is 10.8. The molecule has 11 aromatic carbocycles. The van der Waals surface area contributed by atoms with Gasteiger partial charge in [-0.05, 0) is 163 Å². The zero-order chi connectivity index (χ0) is 45.0. The predicted octanol–water partition coefficient (Wildman–Crippen LogP) is 18.2. The molecule has 0 atom stereocenters. The summed E-state index contributed by atoms with van der Waals surface area (Å²) in [6, 6.07) is 89.2. The van der Waals surface area contributed by atoms with Gasteiger partial charge in [-0.15, -0.1) is 0 Å². The lowest BCUT2D eigenvalue weighted by molar-refractivity contribution is 0.997. The summed E-state index contributed by atoms with van der Waals surface area (Å²) in [4.78, 5) is 2.40. The van der Waals surface area contributed by atoms with Crippen LogP contribution < -0.4 is 4.90 Å². The fraction of sp³-hybridized carbons (Fsp3) is 0.0303. The number of anilines is 3. The maximum atomic E-state index is 2.43. The van der Waals surface area contributed by atoms with E-state index in [4.69, 9.17) is 0 Å². The third-order valence-electron chi connectivity index (χ3n) is 14.0. The van der Waals surface area contributed by atoms with Gasteiger partial charge in [0.2, 0.25) is 0 Å². The van der Waals surface area contributed by atoms with Crippen LogP contribution in [0.4, 0.5) is 17.1 Å². The number of aromatic nitrogens is 1. The highest BCUT2D eigenvalue weighted by atomic mass is 15.1. The van der Waals surface area contributed by atoms with E-state index >= 15 is 0 Å². The minimum Gasteiger partial charge on any atom is -0.310 e. The second-order valence-electron chi connectivity index (χ2n) is 18.0. The van der Waals surface area contributed by atoms with Crippen LogP contribution in [0.15, 0.2) is 249 Å². The molecule has 0 amide bonds. The van der Waals surface area contributed by atoms with Gasteiger partial charge >= 0.3 is 0 Å². The van der Waals surface area contributed by atoms with Gasteiger partial charge in [-0.2, -0.15) is 0 Å². The Hall–Kier alpha value is -8.72. The van der Waals surface area contributed by atoms with Crippen LogP contribution in [0, 0.1) is 0 Å². The van der Waals surface area contributed by atoms with Crippen LogP contribution in [0.25, 0.3) is 99.6 Å². The first-order chi connectivity index (χ1) is 33.7. The smallest absolute Gasteiger partial charge is 0.0547 e. The zero-order valence-electron chi connectivity index (χ0n) is 37.6. The number of nitrogens with zero attached hydrogens (tertiary/aromatic N) is 2. The predicted molar refractivity (Wildman–Crippen MR) is 290 cm³/mol. The van der Waals surface area contributed by atoms with E-state index in [9.17, 15) is 0 Å². The number of fused-ring (bicyclic) bond motifs is 7. The minimum absolute atomic E-state index is 1.09. The van der Waals surface area contributed by atoms with E-state index in [0.717, 1.165) is 41.2 Å². The van der Waals surface area contributed by atoms with E-state index in [2.05, 4.69) is 264 Å². The standard InChI is InChI=1S/C66H46N2/c1-3-15-46(16-4-1)58-25-11-12-26-60(58)48-33-38-56(39-34-48)67(55-36-31-45(32-37-55)51-35-40-61-53(41-51)30-29-47-17-9-10-24-59(47)61)57-23-13-20-52(42-57)62-27-14-28-64-66(62)63-43-49-18-7-8-19-50(49)44-65(63)68(64)54-21-5-2-6-22-54/h1-9,11-23,25-44H,10,24H2. The number of hydrogen-bond donors (Lipinski definition) is 0. The van der Waals surface area contributed by atoms with Gasteiger partial charge < -0.3 is 9.47 Å². The van der Waals surface area contributed by atoms with Crippen molar-refractivity contribution in [3.63, 3.8) is 0 Å². The van der Waals surface area contributed by atoms with Crippen LogP contribution in [0.5, 0.6) is 0 Å². The molecule has 0 N–H and O–H groups in total. The van der Waals surface area contributed by atoms with Crippen molar-refractivity contribution in [2.24, 2.45) is 0 Å². The lowest BCUT2D eigenvalue weighted by atomic mass is 9.90.